The third kappa shape index (κ3) is 4.60. The summed E-state index contributed by atoms with van der Waals surface area (Å²) in [6, 6.07) is -0.0133. The minimum Gasteiger partial charge on any atom is -0.465 e. The van der Waals surface area contributed by atoms with Crippen molar-refractivity contribution in [1.29, 1.82) is 0 Å². The predicted molar refractivity (Wildman–Crippen MR) is 102 cm³/mol. The normalized spacial score (nSPS) is 32.4. The molecule has 0 radical (unpaired) electrons. The van der Waals surface area contributed by atoms with Gasteiger partial charge in [0.25, 0.3) is 5.56 Å². The second kappa shape index (κ2) is 9.11. The molecule has 2 fully saturated rings. The Labute approximate surface area is 169 Å². The van der Waals surface area contributed by atoms with E-state index in [1.54, 1.807) is 6.92 Å². The summed E-state index contributed by atoms with van der Waals surface area (Å²) in [6.45, 7) is 4.95. The van der Waals surface area contributed by atoms with Gasteiger partial charge in [-0.15, -0.1) is 0 Å². The summed E-state index contributed by atoms with van der Waals surface area (Å²) < 4.78 is 18.4. The van der Waals surface area contributed by atoms with Crippen LogP contribution in [0.15, 0.2) is 11.0 Å². The van der Waals surface area contributed by atoms with Gasteiger partial charge in [-0.25, -0.2) is 0 Å². The number of aliphatic hydroxyl groups excluding tert-OH is 3. The van der Waals surface area contributed by atoms with Crippen molar-refractivity contribution in [2.45, 2.75) is 37.6 Å². The van der Waals surface area contributed by atoms with Crippen molar-refractivity contribution in [3.63, 3.8) is 0 Å². The van der Waals surface area contributed by atoms with Gasteiger partial charge < -0.3 is 29.5 Å². The Morgan fingerprint density at radius 3 is 2.63 bits per heavy atom. The highest BCUT2D eigenvalue weighted by molar-refractivity contribution is 14.1. The molecule has 2 saturated heterocycles. The molecule has 2 aliphatic rings. The first-order valence-electron chi connectivity index (χ1n) is 8.83. The molecule has 10 nitrogen and oxygen atoms in total. The summed E-state index contributed by atoms with van der Waals surface area (Å²) in [5.74, 6) is 0. The fourth-order valence-electron chi connectivity index (χ4n) is 3.20. The highest BCUT2D eigenvalue weighted by Crippen LogP contribution is 2.31. The summed E-state index contributed by atoms with van der Waals surface area (Å²) in [5.41, 5.74) is -0.453. The molecule has 0 aromatic carbocycles. The van der Waals surface area contributed by atoms with Crippen molar-refractivity contribution in [2.75, 3.05) is 39.5 Å². The van der Waals surface area contributed by atoms with Crippen LogP contribution < -0.4 is 10.3 Å². The first-order chi connectivity index (χ1) is 12.9. The van der Waals surface area contributed by atoms with Gasteiger partial charge in [0.05, 0.1) is 23.4 Å². The molecule has 11 heteroatoms. The van der Waals surface area contributed by atoms with Gasteiger partial charge in [0.1, 0.15) is 24.4 Å². The number of ether oxygens (including phenoxy) is 3. The monoisotopic (exact) mass is 497 g/mol. The van der Waals surface area contributed by atoms with Crippen LogP contribution in [0.4, 0.5) is 0 Å². The van der Waals surface area contributed by atoms with Gasteiger partial charge in [0.2, 0.25) is 0 Å². The van der Waals surface area contributed by atoms with Crippen molar-refractivity contribution in [3.8, 4) is 6.01 Å². The van der Waals surface area contributed by atoms with Gasteiger partial charge in [-0.05, 0) is 29.5 Å². The van der Waals surface area contributed by atoms with E-state index in [2.05, 4.69) is 9.88 Å². The van der Waals surface area contributed by atoms with Gasteiger partial charge in [-0.1, -0.05) is 0 Å². The lowest BCUT2D eigenvalue weighted by molar-refractivity contribution is -0.249. The highest BCUT2D eigenvalue weighted by Gasteiger charge is 2.45. The van der Waals surface area contributed by atoms with Crippen LogP contribution in [0.25, 0.3) is 0 Å². The summed E-state index contributed by atoms with van der Waals surface area (Å²) in [4.78, 5) is 17.8. The maximum atomic E-state index is 11.9. The number of aliphatic hydroxyl groups is 3. The molecule has 3 rings (SSSR count). The van der Waals surface area contributed by atoms with Crippen molar-refractivity contribution in [1.82, 2.24) is 14.5 Å². The standard InChI is InChI=1S/C16H24IN3O7/c1-2-26-16-18-14(24)9(17)7-20(16)15-13(23)12(22)11(21)10(27-15)8-19-3-5-25-6-4-19/h7,10-13,15,21-23H,2-6,8H2,1H3/t10-,11-,12+,13-,15-/m1/s1. The summed E-state index contributed by atoms with van der Waals surface area (Å²) in [7, 11) is 0. The summed E-state index contributed by atoms with van der Waals surface area (Å²) >= 11 is 1.83. The first kappa shape index (κ1) is 20.9. The van der Waals surface area contributed by atoms with Crippen LogP contribution in [-0.2, 0) is 9.47 Å². The van der Waals surface area contributed by atoms with E-state index in [9.17, 15) is 20.1 Å². The van der Waals surface area contributed by atoms with Crippen molar-refractivity contribution in [3.05, 3.63) is 20.1 Å². The number of morpholine rings is 1. The number of halogens is 1. The van der Waals surface area contributed by atoms with E-state index < -0.39 is 36.2 Å². The third-order valence-electron chi connectivity index (χ3n) is 4.65. The Balaban J connectivity index is 1.87. The van der Waals surface area contributed by atoms with Crippen LogP contribution in [0.2, 0.25) is 0 Å². The molecular weight excluding hydrogens is 473 g/mol. The molecule has 152 valence electrons. The zero-order valence-corrected chi connectivity index (χ0v) is 17.1. The molecule has 27 heavy (non-hydrogen) atoms. The van der Waals surface area contributed by atoms with E-state index in [4.69, 9.17) is 14.2 Å². The quantitative estimate of drug-likeness (QED) is 0.420. The second-order valence-electron chi connectivity index (χ2n) is 6.47. The van der Waals surface area contributed by atoms with Crippen LogP contribution in [0.3, 0.4) is 0 Å². The van der Waals surface area contributed by atoms with Gasteiger partial charge >= 0.3 is 6.01 Å². The molecule has 2 aliphatic heterocycles. The van der Waals surface area contributed by atoms with Crippen molar-refractivity contribution >= 4 is 22.6 Å². The van der Waals surface area contributed by atoms with Crippen LogP contribution in [0, 0.1) is 3.57 Å². The third-order valence-corrected chi connectivity index (χ3v) is 5.39. The van der Waals surface area contributed by atoms with E-state index in [0.29, 0.717) is 36.4 Å². The number of aromatic nitrogens is 2. The Kier molecular flexibility index (Phi) is 7.05. The fraction of sp³-hybridized carbons (Fsp3) is 0.750. The van der Waals surface area contributed by atoms with Crippen LogP contribution in [0.1, 0.15) is 13.2 Å². The van der Waals surface area contributed by atoms with E-state index in [1.165, 1.54) is 10.8 Å². The molecule has 3 heterocycles. The van der Waals surface area contributed by atoms with Gasteiger partial charge in [-0.2, -0.15) is 4.98 Å². The number of rotatable bonds is 5. The number of hydrogen-bond acceptors (Lipinski definition) is 9. The lowest BCUT2D eigenvalue weighted by atomic mass is 9.97. The summed E-state index contributed by atoms with van der Waals surface area (Å²) in [6.07, 6.45) is -4.41. The van der Waals surface area contributed by atoms with Crippen LogP contribution >= 0.6 is 22.6 Å². The van der Waals surface area contributed by atoms with Crippen molar-refractivity contribution < 1.29 is 29.5 Å². The zero-order valence-electron chi connectivity index (χ0n) is 14.9. The fourth-order valence-corrected chi connectivity index (χ4v) is 3.62. The second-order valence-corrected chi connectivity index (χ2v) is 7.63. The molecule has 0 unspecified atom stereocenters. The Morgan fingerprint density at radius 2 is 1.96 bits per heavy atom. The molecule has 1 aromatic heterocycles. The Hall–Kier alpha value is -0.830. The van der Waals surface area contributed by atoms with E-state index in [0.717, 1.165) is 0 Å². The largest absolute Gasteiger partial charge is 0.465 e. The SMILES string of the molecule is CCOc1nc(=O)c(I)cn1[C@@H]1O[C@H](CN2CCOCC2)[C@@H](O)[C@H](O)[C@H]1O. The zero-order chi connectivity index (χ0) is 19.6. The molecule has 1 aromatic rings. The van der Waals surface area contributed by atoms with E-state index in [1.807, 2.05) is 22.6 Å². The minimum absolute atomic E-state index is 0.0133. The van der Waals surface area contributed by atoms with Crippen LogP contribution in [0.5, 0.6) is 6.01 Å². The molecule has 0 amide bonds. The first-order valence-corrected chi connectivity index (χ1v) is 9.91. The van der Waals surface area contributed by atoms with Gasteiger partial charge in [0, 0.05) is 25.8 Å². The topological polar surface area (TPSA) is 127 Å². The summed E-state index contributed by atoms with van der Waals surface area (Å²) in [5, 5.41) is 31.2. The molecule has 0 saturated carbocycles. The van der Waals surface area contributed by atoms with E-state index >= 15 is 0 Å². The average Bonchev–Trinajstić information content (AvgIpc) is 2.66. The molecule has 0 spiro atoms. The Morgan fingerprint density at radius 1 is 1.26 bits per heavy atom. The molecule has 0 aliphatic carbocycles. The predicted octanol–water partition coefficient (Wildman–Crippen LogP) is -1.44. The van der Waals surface area contributed by atoms with E-state index in [-0.39, 0.29) is 12.6 Å². The molecule has 5 atom stereocenters. The van der Waals surface area contributed by atoms with Gasteiger partial charge in [-0.3, -0.25) is 14.3 Å². The molecular formula is C16H24IN3O7. The smallest absolute Gasteiger partial charge is 0.301 e. The highest BCUT2D eigenvalue weighted by atomic mass is 127. The number of hydrogen-bond donors (Lipinski definition) is 3. The lowest BCUT2D eigenvalue weighted by Crippen LogP contribution is -2.59. The van der Waals surface area contributed by atoms with Crippen LogP contribution in [-0.4, -0.2) is 93.6 Å². The lowest BCUT2D eigenvalue weighted by Gasteiger charge is -2.43. The Bertz CT molecular complexity index is 697. The molecule has 0 bridgehead atoms. The van der Waals surface area contributed by atoms with Crippen molar-refractivity contribution in [2.24, 2.45) is 0 Å². The molecule has 3 N–H and O–H groups in total. The average molecular weight is 497 g/mol. The van der Waals surface area contributed by atoms with Gasteiger partial charge in [0.15, 0.2) is 6.23 Å². The maximum absolute atomic E-state index is 11.9. The maximum Gasteiger partial charge on any atom is 0.301 e. The number of nitrogens with zero attached hydrogens (tertiary/aromatic N) is 3. The minimum atomic E-state index is -1.42.